The summed E-state index contributed by atoms with van der Waals surface area (Å²) >= 11 is 0. The molecular formula is C45H92O4. The van der Waals surface area contributed by atoms with E-state index in [0.29, 0.717) is 13.2 Å². The monoisotopic (exact) mass is 697 g/mol. The van der Waals surface area contributed by atoms with E-state index in [0.717, 1.165) is 13.2 Å². The van der Waals surface area contributed by atoms with Gasteiger partial charge in [0.25, 0.3) is 0 Å². The molecule has 0 radical (unpaired) electrons. The number of hydrogen-bond acceptors (Lipinski definition) is 4. The Bertz CT molecular complexity index is 508. The maximum Gasteiger partial charge on any atom is 0.0742 e. The van der Waals surface area contributed by atoms with Crippen LogP contribution in [-0.4, -0.2) is 49.4 Å². The van der Waals surface area contributed by atoms with E-state index in [1.54, 1.807) is 12.2 Å². The molecule has 0 amide bonds. The molecule has 0 aliphatic heterocycles. The molecular weight excluding hydrogens is 604 g/mol. The first-order valence-corrected chi connectivity index (χ1v) is 21.8. The van der Waals surface area contributed by atoms with Gasteiger partial charge in [-0.15, -0.1) is 13.2 Å². The maximum absolute atomic E-state index is 8.11. The summed E-state index contributed by atoms with van der Waals surface area (Å²) in [7, 11) is 0. The third kappa shape index (κ3) is 62.9. The predicted molar refractivity (Wildman–Crippen MR) is 220 cm³/mol. The topological polar surface area (TPSA) is 58.9 Å². The van der Waals surface area contributed by atoms with Crippen molar-refractivity contribution in [3.8, 4) is 0 Å². The minimum atomic E-state index is -0.560. The molecule has 4 heteroatoms. The van der Waals surface area contributed by atoms with Crippen LogP contribution in [0.3, 0.4) is 0 Å². The van der Waals surface area contributed by atoms with Crippen molar-refractivity contribution >= 4 is 0 Å². The number of ether oxygens (including phenoxy) is 2. The maximum atomic E-state index is 8.11. The molecule has 1 atom stereocenters. The van der Waals surface area contributed by atoms with Crippen molar-refractivity contribution in [1.82, 2.24) is 0 Å². The molecule has 2 N–H and O–H groups in total. The Hall–Kier alpha value is -0.680. The Balaban J connectivity index is -0.00000149. The first-order valence-electron chi connectivity index (χ1n) is 21.8. The van der Waals surface area contributed by atoms with Gasteiger partial charge in [0.2, 0.25) is 0 Å². The Labute approximate surface area is 309 Å². The molecule has 0 aliphatic rings. The second-order valence-corrected chi connectivity index (χ2v) is 14.4. The summed E-state index contributed by atoms with van der Waals surface area (Å²) in [6.45, 7) is 16.2. The molecule has 0 aromatic carbocycles. The van der Waals surface area contributed by atoms with E-state index < -0.39 is 6.10 Å². The SMILES string of the molecule is C=CCOCC=C.CC(O)CO.CCCCCCCCCCCCCCCCCCOCCCCCCCCCCCCCCCCCC. The van der Waals surface area contributed by atoms with E-state index in [4.69, 9.17) is 19.7 Å². The number of rotatable bonds is 39. The smallest absolute Gasteiger partial charge is 0.0742 e. The van der Waals surface area contributed by atoms with Gasteiger partial charge in [-0.3, -0.25) is 0 Å². The van der Waals surface area contributed by atoms with E-state index in [1.165, 1.54) is 212 Å². The lowest BCUT2D eigenvalue weighted by atomic mass is 10.0. The molecule has 0 heterocycles. The van der Waals surface area contributed by atoms with Gasteiger partial charge in [-0.1, -0.05) is 219 Å². The van der Waals surface area contributed by atoms with E-state index >= 15 is 0 Å². The minimum Gasteiger partial charge on any atom is -0.394 e. The van der Waals surface area contributed by atoms with Crippen molar-refractivity contribution < 1.29 is 19.7 Å². The normalized spacial score (nSPS) is 11.4. The van der Waals surface area contributed by atoms with Gasteiger partial charge in [-0.05, 0) is 19.8 Å². The highest BCUT2D eigenvalue weighted by Crippen LogP contribution is 2.15. The average Bonchev–Trinajstić information content (AvgIpc) is 3.11. The van der Waals surface area contributed by atoms with Crippen molar-refractivity contribution in [3.05, 3.63) is 25.3 Å². The molecule has 296 valence electrons. The summed E-state index contributed by atoms with van der Waals surface area (Å²) in [4.78, 5) is 0. The fraction of sp³-hybridized carbons (Fsp3) is 0.911. The molecule has 0 rings (SSSR count). The lowest BCUT2D eigenvalue weighted by molar-refractivity contribution is 0.110. The molecule has 49 heavy (non-hydrogen) atoms. The standard InChI is InChI=1S/C36H74O.C6H10O.C3H8O2/c1-3-5-7-9-11-13-15-17-19-21-23-25-27-29-31-33-35-37-36-34-32-30-28-26-24-22-20-18-16-14-12-10-8-6-4-2;1-3-5-7-6-4-2;1-3(5)2-4/h3-36H2,1-2H3;3-4H,1-2,5-6H2;3-5H,2H2,1H3. The largest absolute Gasteiger partial charge is 0.394 e. The highest BCUT2D eigenvalue weighted by Gasteiger charge is 1.97. The Morgan fingerprint density at radius 1 is 0.408 bits per heavy atom. The van der Waals surface area contributed by atoms with Crippen LogP contribution in [0.4, 0.5) is 0 Å². The summed E-state index contributed by atoms with van der Waals surface area (Å²) in [6, 6.07) is 0. The molecule has 4 nitrogen and oxygen atoms in total. The average molecular weight is 697 g/mol. The van der Waals surface area contributed by atoms with Gasteiger partial charge in [-0.2, -0.15) is 0 Å². The van der Waals surface area contributed by atoms with Crippen molar-refractivity contribution in [3.63, 3.8) is 0 Å². The second-order valence-electron chi connectivity index (χ2n) is 14.4. The Kier molecular flexibility index (Phi) is 58.2. The predicted octanol–water partition coefficient (Wildman–Crippen LogP) is 14.3. The molecule has 0 bridgehead atoms. The van der Waals surface area contributed by atoms with Gasteiger partial charge in [0, 0.05) is 13.2 Å². The van der Waals surface area contributed by atoms with Crippen molar-refractivity contribution in [2.24, 2.45) is 0 Å². The zero-order valence-corrected chi connectivity index (χ0v) is 34.0. The highest BCUT2D eigenvalue weighted by atomic mass is 16.5. The second kappa shape index (κ2) is 54.1. The minimum absolute atomic E-state index is 0.139. The fourth-order valence-electron chi connectivity index (χ4n) is 5.84. The van der Waals surface area contributed by atoms with Gasteiger partial charge in [-0.25, -0.2) is 0 Å². The van der Waals surface area contributed by atoms with Crippen molar-refractivity contribution in [1.29, 1.82) is 0 Å². The summed E-state index contributed by atoms with van der Waals surface area (Å²) in [5.41, 5.74) is 0. The summed E-state index contributed by atoms with van der Waals surface area (Å²) < 4.78 is 10.8. The van der Waals surface area contributed by atoms with Crippen LogP contribution in [-0.2, 0) is 9.47 Å². The van der Waals surface area contributed by atoms with E-state index in [1.807, 2.05) is 0 Å². The van der Waals surface area contributed by atoms with E-state index in [9.17, 15) is 0 Å². The molecule has 0 spiro atoms. The summed E-state index contributed by atoms with van der Waals surface area (Å²) in [6.07, 6.45) is 48.9. The van der Waals surface area contributed by atoms with Crippen LogP contribution in [0.2, 0.25) is 0 Å². The molecule has 0 fully saturated rings. The molecule has 0 saturated heterocycles. The molecule has 0 aromatic rings. The van der Waals surface area contributed by atoms with Crippen LogP contribution in [0.25, 0.3) is 0 Å². The highest BCUT2D eigenvalue weighted by molar-refractivity contribution is 4.68. The van der Waals surface area contributed by atoms with Crippen LogP contribution < -0.4 is 0 Å². The van der Waals surface area contributed by atoms with Crippen molar-refractivity contribution in [2.75, 3.05) is 33.0 Å². The molecule has 0 aliphatic carbocycles. The third-order valence-corrected chi connectivity index (χ3v) is 9.02. The number of aliphatic hydroxyl groups is 2. The third-order valence-electron chi connectivity index (χ3n) is 9.02. The zero-order valence-electron chi connectivity index (χ0n) is 34.0. The van der Waals surface area contributed by atoms with Crippen molar-refractivity contribution in [2.45, 2.75) is 232 Å². The Morgan fingerprint density at radius 3 is 0.796 bits per heavy atom. The lowest BCUT2D eigenvalue weighted by Gasteiger charge is -2.06. The number of hydrogen-bond donors (Lipinski definition) is 2. The molecule has 1 unspecified atom stereocenters. The molecule has 0 saturated carbocycles. The fourth-order valence-corrected chi connectivity index (χ4v) is 5.84. The van der Waals surface area contributed by atoms with E-state index in [2.05, 4.69) is 27.0 Å². The van der Waals surface area contributed by atoms with Gasteiger partial charge < -0.3 is 19.7 Å². The van der Waals surface area contributed by atoms with Gasteiger partial charge in [0.15, 0.2) is 0 Å². The summed E-state index contributed by atoms with van der Waals surface area (Å²) in [5.74, 6) is 0. The van der Waals surface area contributed by atoms with E-state index in [-0.39, 0.29) is 6.61 Å². The van der Waals surface area contributed by atoms with Gasteiger partial charge >= 0.3 is 0 Å². The Morgan fingerprint density at radius 2 is 0.612 bits per heavy atom. The van der Waals surface area contributed by atoms with Crippen LogP contribution in [0.15, 0.2) is 25.3 Å². The van der Waals surface area contributed by atoms with Crippen LogP contribution >= 0.6 is 0 Å². The van der Waals surface area contributed by atoms with Crippen LogP contribution in [0.1, 0.15) is 226 Å². The quantitative estimate of drug-likeness (QED) is 0.0496. The number of aliphatic hydroxyl groups excluding tert-OH is 2. The van der Waals surface area contributed by atoms with Crippen LogP contribution in [0, 0.1) is 0 Å². The van der Waals surface area contributed by atoms with Gasteiger partial charge in [0.1, 0.15) is 0 Å². The van der Waals surface area contributed by atoms with Gasteiger partial charge in [0.05, 0.1) is 25.9 Å². The number of unbranched alkanes of at least 4 members (excludes halogenated alkanes) is 30. The van der Waals surface area contributed by atoms with Crippen LogP contribution in [0.5, 0.6) is 0 Å². The zero-order chi connectivity index (χ0) is 36.6. The first-order chi connectivity index (χ1) is 24.1. The first kappa shape index (κ1) is 52.7. The lowest BCUT2D eigenvalue weighted by Crippen LogP contribution is -2.03. The summed E-state index contributed by atoms with van der Waals surface area (Å²) in [5, 5.41) is 16.0. The molecule has 0 aromatic heterocycles.